The molecule has 0 fully saturated rings. The maximum Gasteiger partial charge on any atom is 0.238 e. The number of primary sulfonamides is 2. The second-order valence-corrected chi connectivity index (χ2v) is 6.70. The van der Waals surface area contributed by atoms with E-state index in [2.05, 4.69) is 0 Å². The number of halogens is 1. The maximum atomic E-state index is 11.3. The number of sulfonamides is 2. The molecule has 0 aromatic heterocycles. The van der Waals surface area contributed by atoms with Crippen molar-refractivity contribution < 1.29 is 16.8 Å². The Morgan fingerprint density at radius 3 is 1.71 bits per heavy atom. The smallest absolute Gasteiger partial charge is 0.225 e. The van der Waals surface area contributed by atoms with Gasteiger partial charge in [0.05, 0.1) is 9.79 Å². The zero-order valence-electron chi connectivity index (χ0n) is 8.63. The monoisotopic (exact) mass is 298 g/mol. The van der Waals surface area contributed by atoms with E-state index in [1.807, 2.05) is 0 Å². The van der Waals surface area contributed by atoms with Crippen LogP contribution in [-0.4, -0.2) is 22.7 Å². The summed E-state index contributed by atoms with van der Waals surface area (Å²) in [5, 5.41) is 9.99. The molecule has 0 atom stereocenters. The molecule has 0 unspecified atom stereocenters. The van der Waals surface area contributed by atoms with Crippen molar-refractivity contribution in [3.05, 3.63) is 23.8 Å². The molecule has 9 heteroatoms. The normalized spacial score (nSPS) is 12.6. The van der Waals surface area contributed by atoms with Gasteiger partial charge >= 0.3 is 0 Å². The first-order valence-electron chi connectivity index (χ1n) is 4.41. The van der Waals surface area contributed by atoms with Crippen LogP contribution in [-0.2, 0) is 26.5 Å². The van der Waals surface area contributed by atoms with Crippen molar-refractivity contribution in [3.8, 4) is 0 Å². The zero-order chi connectivity index (χ0) is 13.3. The lowest BCUT2D eigenvalue weighted by atomic mass is 10.2. The van der Waals surface area contributed by atoms with Crippen molar-refractivity contribution in [3.63, 3.8) is 0 Å². The summed E-state index contributed by atoms with van der Waals surface area (Å²) < 4.78 is 45.2. The summed E-state index contributed by atoms with van der Waals surface area (Å²) in [7, 11) is -8.03. The zero-order valence-corrected chi connectivity index (χ0v) is 11.0. The van der Waals surface area contributed by atoms with Crippen molar-refractivity contribution in [1.82, 2.24) is 0 Å². The SMILES string of the molecule is NS(=O)(=O)c1cccc(S(N)(=O)=O)c1CCCl. The second kappa shape index (κ2) is 4.91. The third-order valence-electron chi connectivity index (χ3n) is 2.05. The van der Waals surface area contributed by atoms with E-state index >= 15 is 0 Å². The van der Waals surface area contributed by atoms with Gasteiger partial charge in [-0.3, -0.25) is 0 Å². The summed E-state index contributed by atoms with van der Waals surface area (Å²) in [5.41, 5.74) is 0.0208. The van der Waals surface area contributed by atoms with Crippen LogP contribution >= 0.6 is 11.6 Å². The summed E-state index contributed by atoms with van der Waals surface area (Å²) in [5.74, 6) is 0.0506. The summed E-state index contributed by atoms with van der Waals surface area (Å²) in [4.78, 5) is -0.547. The van der Waals surface area contributed by atoms with E-state index < -0.39 is 20.0 Å². The van der Waals surface area contributed by atoms with Crippen LogP contribution in [0.25, 0.3) is 0 Å². The molecular formula is C8H11ClN2O4S2. The van der Waals surface area contributed by atoms with Gasteiger partial charge in [-0.05, 0) is 24.1 Å². The standard InChI is InChI=1S/C8H11ClN2O4S2/c9-5-4-6-7(16(10,12)13)2-1-3-8(6)17(11,14)15/h1-3H,4-5H2,(H2,10,12,13)(H2,11,14,15). The minimum Gasteiger partial charge on any atom is -0.225 e. The first-order valence-corrected chi connectivity index (χ1v) is 8.04. The molecule has 4 N–H and O–H groups in total. The molecule has 0 bridgehead atoms. The van der Waals surface area contributed by atoms with Gasteiger partial charge in [0.15, 0.2) is 0 Å². The highest BCUT2D eigenvalue weighted by Crippen LogP contribution is 2.22. The fourth-order valence-electron chi connectivity index (χ4n) is 1.42. The Morgan fingerprint density at radius 2 is 1.41 bits per heavy atom. The summed E-state index contributed by atoms with van der Waals surface area (Å²) in [6.45, 7) is 0. The Balaban J connectivity index is 3.66. The number of alkyl halides is 1. The van der Waals surface area contributed by atoms with Crippen molar-refractivity contribution >= 4 is 31.6 Å². The molecule has 0 aliphatic rings. The first-order chi connectivity index (χ1) is 7.68. The van der Waals surface area contributed by atoms with Gasteiger partial charge in [0.1, 0.15) is 0 Å². The van der Waals surface area contributed by atoms with Crippen LogP contribution in [0.15, 0.2) is 28.0 Å². The molecule has 0 aliphatic heterocycles. The van der Waals surface area contributed by atoms with Crippen LogP contribution in [0.4, 0.5) is 0 Å². The Morgan fingerprint density at radius 1 is 1.00 bits per heavy atom. The average Bonchev–Trinajstić information content (AvgIpc) is 2.15. The van der Waals surface area contributed by atoms with E-state index in [1.165, 1.54) is 18.2 Å². The van der Waals surface area contributed by atoms with Crippen molar-refractivity contribution in [2.75, 3.05) is 5.88 Å². The molecule has 1 aromatic carbocycles. The van der Waals surface area contributed by atoms with Crippen molar-refractivity contribution in [2.24, 2.45) is 10.3 Å². The van der Waals surface area contributed by atoms with Gasteiger partial charge in [0.25, 0.3) is 0 Å². The van der Waals surface area contributed by atoms with Crippen molar-refractivity contribution in [1.29, 1.82) is 0 Å². The van der Waals surface area contributed by atoms with Crippen LogP contribution in [0.1, 0.15) is 5.56 Å². The molecule has 0 amide bonds. The van der Waals surface area contributed by atoms with E-state index in [1.54, 1.807) is 0 Å². The Labute approximate surface area is 105 Å². The predicted octanol–water partition coefficient (Wildman–Crippen LogP) is -0.237. The molecule has 6 nitrogen and oxygen atoms in total. The lowest BCUT2D eigenvalue weighted by molar-refractivity contribution is 0.593. The molecule has 0 heterocycles. The summed E-state index contributed by atoms with van der Waals surface area (Å²) >= 11 is 5.51. The predicted molar refractivity (Wildman–Crippen MR) is 63.6 cm³/mol. The number of benzene rings is 1. The molecule has 0 saturated heterocycles. The third kappa shape index (κ3) is 3.39. The van der Waals surface area contributed by atoms with Gasteiger partial charge in [-0.2, -0.15) is 0 Å². The van der Waals surface area contributed by atoms with E-state index in [0.29, 0.717) is 0 Å². The van der Waals surface area contributed by atoms with Crippen LogP contribution < -0.4 is 10.3 Å². The fraction of sp³-hybridized carbons (Fsp3) is 0.250. The van der Waals surface area contributed by atoms with Crippen LogP contribution in [0, 0.1) is 0 Å². The molecule has 96 valence electrons. The Hall–Kier alpha value is -0.670. The molecule has 0 saturated carbocycles. The van der Waals surface area contributed by atoms with E-state index in [4.69, 9.17) is 21.9 Å². The summed E-state index contributed by atoms with van der Waals surface area (Å²) in [6.07, 6.45) is 0.0416. The van der Waals surface area contributed by atoms with Crippen LogP contribution in [0.3, 0.4) is 0 Å². The molecular weight excluding hydrogens is 288 g/mol. The molecule has 1 rings (SSSR count). The van der Waals surface area contributed by atoms with Crippen molar-refractivity contribution in [2.45, 2.75) is 16.2 Å². The van der Waals surface area contributed by atoms with Gasteiger partial charge in [-0.1, -0.05) is 6.07 Å². The molecule has 0 spiro atoms. The number of rotatable bonds is 4. The molecule has 0 aliphatic carbocycles. The Bertz CT molecular complexity index is 575. The molecule has 0 radical (unpaired) electrons. The Kier molecular flexibility index (Phi) is 4.15. The van der Waals surface area contributed by atoms with E-state index in [-0.39, 0.29) is 27.7 Å². The van der Waals surface area contributed by atoms with Gasteiger partial charge < -0.3 is 0 Å². The minimum absolute atomic E-state index is 0.0208. The van der Waals surface area contributed by atoms with Gasteiger partial charge in [-0.25, -0.2) is 27.1 Å². The molecule has 17 heavy (non-hydrogen) atoms. The highest BCUT2D eigenvalue weighted by Gasteiger charge is 2.21. The van der Waals surface area contributed by atoms with E-state index in [9.17, 15) is 16.8 Å². The van der Waals surface area contributed by atoms with Gasteiger partial charge in [0.2, 0.25) is 20.0 Å². The second-order valence-electron chi connectivity index (χ2n) is 3.26. The minimum atomic E-state index is -4.02. The topological polar surface area (TPSA) is 120 Å². The first kappa shape index (κ1) is 14.4. The van der Waals surface area contributed by atoms with Crippen LogP contribution in [0.2, 0.25) is 0 Å². The third-order valence-corrected chi connectivity index (χ3v) is 4.23. The highest BCUT2D eigenvalue weighted by atomic mass is 35.5. The summed E-state index contributed by atoms with van der Waals surface area (Å²) in [6, 6.07) is 3.69. The quantitative estimate of drug-likeness (QED) is 0.745. The molecule has 1 aromatic rings. The lowest BCUT2D eigenvalue weighted by Crippen LogP contribution is -2.20. The number of nitrogens with two attached hydrogens (primary N) is 2. The number of hydrogen-bond donors (Lipinski definition) is 2. The number of hydrogen-bond acceptors (Lipinski definition) is 4. The average molecular weight is 299 g/mol. The van der Waals surface area contributed by atoms with Gasteiger partial charge in [0, 0.05) is 5.88 Å². The fourth-order valence-corrected chi connectivity index (χ4v) is 3.32. The van der Waals surface area contributed by atoms with E-state index in [0.717, 1.165) is 0 Å². The highest BCUT2D eigenvalue weighted by molar-refractivity contribution is 7.90. The maximum absolute atomic E-state index is 11.3. The lowest BCUT2D eigenvalue weighted by Gasteiger charge is -2.10. The van der Waals surface area contributed by atoms with Gasteiger partial charge in [-0.15, -0.1) is 11.6 Å². The van der Waals surface area contributed by atoms with Crippen LogP contribution in [0.5, 0.6) is 0 Å². The largest absolute Gasteiger partial charge is 0.238 e.